The van der Waals surface area contributed by atoms with Crippen molar-refractivity contribution in [3.05, 3.63) is 66.0 Å². The highest BCUT2D eigenvalue weighted by Crippen LogP contribution is 2.32. The number of para-hydroxylation sites is 1. The van der Waals surface area contributed by atoms with Gasteiger partial charge in [0, 0.05) is 5.39 Å². The van der Waals surface area contributed by atoms with E-state index >= 15 is 0 Å². The Hall–Kier alpha value is -3.69. The molecule has 3 rings (SSSR count). The Morgan fingerprint density at radius 3 is 2.31 bits per heavy atom. The lowest BCUT2D eigenvalue weighted by molar-refractivity contribution is -0.144. The van der Waals surface area contributed by atoms with Crippen LogP contribution in [0.15, 0.2) is 54.6 Å². The third-order valence-corrected chi connectivity index (χ3v) is 3.81. The van der Waals surface area contributed by atoms with Gasteiger partial charge in [0.05, 0.1) is 5.52 Å². The number of fused-ring (bicyclic) bond motifs is 1. The minimum absolute atomic E-state index is 0.0819. The third-order valence-electron chi connectivity index (χ3n) is 3.81. The molecule has 0 aliphatic heterocycles. The molecule has 2 aromatic carbocycles. The number of aromatic nitrogens is 2. The van der Waals surface area contributed by atoms with Crippen LogP contribution >= 0.6 is 0 Å². The normalized spacial score (nSPS) is 11.3. The van der Waals surface area contributed by atoms with E-state index in [1.807, 2.05) is 0 Å². The van der Waals surface area contributed by atoms with Gasteiger partial charge in [0.1, 0.15) is 13.2 Å². The molecule has 0 spiro atoms. The number of hydrogen-bond donors (Lipinski definition) is 1. The standard InChI is InChI=1S/C19H14F3N3O4/c20-19(21,22)17-23-14-9-5-4-8-13(14)16(24-17)25(10-15(26)27)18(28)29-11-12-6-2-1-3-7-12/h1-9H,10-11H2,(H,26,27). The number of rotatable bonds is 5. The molecule has 7 nitrogen and oxygen atoms in total. The summed E-state index contributed by atoms with van der Waals surface area (Å²) in [6, 6.07) is 14.2. The first-order chi connectivity index (χ1) is 13.8. The van der Waals surface area contributed by atoms with Gasteiger partial charge in [-0.25, -0.2) is 19.7 Å². The largest absolute Gasteiger partial charge is 0.480 e. The van der Waals surface area contributed by atoms with Crippen LogP contribution in [0.3, 0.4) is 0 Å². The average Bonchev–Trinajstić information content (AvgIpc) is 2.69. The lowest BCUT2D eigenvalue weighted by Gasteiger charge is -2.21. The average molecular weight is 405 g/mol. The van der Waals surface area contributed by atoms with Crippen LogP contribution in [-0.2, 0) is 22.3 Å². The smallest absolute Gasteiger partial charge is 0.451 e. The van der Waals surface area contributed by atoms with Crippen molar-refractivity contribution in [1.29, 1.82) is 0 Å². The van der Waals surface area contributed by atoms with Gasteiger partial charge in [-0.1, -0.05) is 42.5 Å². The van der Waals surface area contributed by atoms with E-state index in [4.69, 9.17) is 9.84 Å². The number of alkyl halides is 3. The van der Waals surface area contributed by atoms with Gasteiger partial charge in [-0.15, -0.1) is 0 Å². The van der Waals surface area contributed by atoms with E-state index in [0.29, 0.717) is 10.5 Å². The molecular formula is C19H14F3N3O4. The predicted octanol–water partition coefficient (Wildman–Crippen LogP) is 3.88. The Labute approximate surface area is 162 Å². The van der Waals surface area contributed by atoms with Crippen molar-refractivity contribution in [3.63, 3.8) is 0 Å². The summed E-state index contributed by atoms with van der Waals surface area (Å²) in [5, 5.41) is 9.25. The molecule has 1 amide bonds. The van der Waals surface area contributed by atoms with Gasteiger partial charge < -0.3 is 9.84 Å². The molecule has 150 valence electrons. The number of amides is 1. The molecule has 0 saturated heterocycles. The number of nitrogens with zero attached hydrogens (tertiary/aromatic N) is 3. The molecule has 0 fully saturated rings. The number of halogens is 3. The molecule has 0 bridgehead atoms. The Morgan fingerprint density at radius 2 is 1.66 bits per heavy atom. The summed E-state index contributed by atoms with van der Waals surface area (Å²) in [5.41, 5.74) is 0.538. The second-order valence-corrected chi connectivity index (χ2v) is 5.91. The van der Waals surface area contributed by atoms with Crippen molar-refractivity contribution in [2.45, 2.75) is 12.8 Å². The minimum Gasteiger partial charge on any atom is -0.480 e. The summed E-state index contributed by atoms with van der Waals surface area (Å²) < 4.78 is 44.8. The summed E-state index contributed by atoms with van der Waals surface area (Å²) in [6.45, 7) is -1.13. The summed E-state index contributed by atoms with van der Waals surface area (Å²) >= 11 is 0. The Morgan fingerprint density at radius 1 is 1.00 bits per heavy atom. The van der Waals surface area contributed by atoms with E-state index in [0.717, 1.165) is 0 Å². The number of hydrogen-bond acceptors (Lipinski definition) is 5. The summed E-state index contributed by atoms with van der Waals surface area (Å²) in [7, 11) is 0. The van der Waals surface area contributed by atoms with Crippen LogP contribution in [-0.4, -0.2) is 33.7 Å². The maximum absolute atomic E-state index is 13.2. The van der Waals surface area contributed by atoms with Crippen LogP contribution in [0.5, 0.6) is 0 Å². The van der Waals surface area contributed by atoms with Crippen molar-refractivity contribution < 1.29 is 32.6 Å². The van der Waals surface area contributed by atoms with Gasteiger partial charge >= 0.3 is 18.2 Å². The summed E-state index contributed by atoms with van der Waals surface area (Å²) in [4.78, 5) is 31.3. The highest BCUT2D eigenvalue weighted by atomic mass is 19.4. The molecule has 0 saturated carbocycles. The number of carbonyl (C=O) groups is 2. The van der Waals surface area contributed by atoms with E-state index in [9.17, 15) is 22.8 Å². The number of anilines is 1. The molecular weight excluding hydrogens is 391 g/mol. The number of ether oxygens (including phenoxy) is 1. The molecule has 1 N–H and O–H groups in total. The first-order valence-electron chi connectivity index (χ1n) is 8.29. The lowest BCUT2D eigenvalue weighted by Crippen LogP contribution is -2.37. The summed E-state index contributed by atoms with van der Waals surface area (Å²) in [6.07, 6.45) is -6.03. The number of carbonyl (C=O) groups excluding carboxylic acids is 1. The summed E-state index contributed by atoms with van der Waals surface area (Å²) in [5.74, 6) is -3.43. The van der Waals surface area contributed by atoms with Crippen molar-refractivity contribution in [2.24, 2.45) is 0 Å². The second kappa shape index (κ2) is 8.13. The molecule has 3 aromatic rings. The van der Waals surface area contributed by atoms with E-state index < -0.39 is 36.4 Å². The quantitative estimate of drug-likeness (QED) is 0.693. The molecule has 0 radical (unpaired) electrons. The maximum Gasteiger partial charge on any atom is 0.451 e. The van der Waals surface area contributed by atoms with Gasteiger partial charge in [0.15, 0.2) is 5.82 Å². The zero-order valence-electron chi connectivity index (χ0n) is 14.8. The van der Waals surface area contributed by atoms with Gasteiger partial charge in [-0.05, 0) is 17.7 Å². The fourth-order valence-electron chi connectivity index (χ4n) is 2.55. The van der Waals surface area contributed by atoms with Crippen LogP contribution in [0.4, 0.5) is 23.8 Å². The molecule has 1 heterocycles. The van der Waals surface area contributed by atoms with Gasteiger partial charge in [0.25, 0.3) is 0 Å². The lowest BCUT2D eigenvalue weighted by atomic mass is 10.2. The highest BCUT2D eigenvalue weighted by molar-refractivity contribution is 6.00. The van der Waals surface area contributed by atoms with Crippen LogP contribution in [0.1, 0.15) is 11.4 Å². The van der Waals surface area contributed by atoms with Crippen molar-refractivity contribution in [3.8, 4) is 0 Å². The molecule has 0 aliphatic rings. The van der Waals surface area contributed by atoms with Crippen molar-refractivity contribution in [2.75, 3.05) is 11.4 Å². The molecule has 0 atom stereocenters. The highest BCUT2D eigenvalue weighted by Gasteiger charge is 2.37. The first-order valence-corrected chi connectivity index (χ1v) is 8.29. The van der Waals surface area contributed by atoms with Crippen molar-refractivity contribution >= 4 is 28.8 Å². The number of carboxylic acid groups (broad SMARTS) is 1. The minimum atomic E-state index is -4.89. The van der Waals surface area contributed by atoms with Gasteiger partial charge in [0.2, 0.25) is 5.82 Å². The third kappa shape index (κ3) is 4.78. The molecule has 29 heavy (non-hydrogen) atoms. The first kappa shape index (κ1) is 20.1. The Kier molecular flexibility index (Phi) is 5.62. The Bertz CT molecular complexity index is 1040. The van der Waals surface area contributed by atoms with Crippen molar-refractivity contribution in [1.82, 2.24) is 9.97 Å². The monoisotopic (exact) mass is 405 g/mol. The van der Waals surface area contributed by atoms with E-state index in [2.05, 4.69) is 9.97 Å². The SMILES string of the molecule is O=C(O)CN(C(=O)OCc1ccccc1)c1nc(C(F)(F)F)nc2ccccc12. The number of carboxylic acids is 1. The van der Waals surface area contributed by atoms with Gasteiger partial charge in [-0.3, -0.25) is 4.79 Å². The molecule has 10 heteroatoms. The maximum atomic E-state index is 13.2. The van der Waals surface area contributed by atoms with E-state index in [1.165, 1.54) is 24.3 Å². The van der Waals surface area contributed by atoms with Gasteiger partial charge in [-0.2, -0.15) is 13.2 Å². The van der Waals surface area contributed by atoms with E-state index in [1.54, 1.807) is 30.3 Å². The Balaban J connectivity index is 2.02. The fourth-order valence-corrected chi connectivity index (χ4v) is 2.55. The number of aliphatic carboxylic acids is 1. The molecule has 0 aliphatic carbocycles. The fraction of sp³-hybridized carbons (Fsp3) is 0.158. The van der Waals surface area contributed by atoms with E-state index in [-0.39, 0.29) is 17.5 Å². The topological polar surface area (TPSA) is 92.6 Å². The zero-order valence-corrected chi connectivity index (χ0v) is 14.8. The predicted molar refractivity (Wildman–Crippen MR) is 96.1 cm³/mol. The van der Waals surface area contributed by atoms with Crippen LogP contribution in [0.25, 0.3) is 10.9 Å². The molecule has 0 unspecified atom stereocenters. The molecule has 1 aromatic heterocycles. The zero-order chi connectivity index (χ0) is 21.0. The number of benzene rings is 2. The van der Waals surface area contributed by atoms with Crippen LogP contribution in [0, 0.1) is 0 Å². The van der Waals surface area contributed by atoms with Crippen LogP contribution in [0.2, 0.25) is 0 Å². The van der Waals surface area contributed by atoms with Crippen LogP contribution < -0.4 is 4.90 Å². The second-order valence-electron chi connectivity index (χ2n) is 5.91.